The summed E-state index contributed by atoms with van der Waals surface area (Å²) in [6.07, 6.45) is 4.61. The first-order valence-electron chi connectivity index (χ1n) is 10.3. The molecule has 1 atom stereocenters. The highest BCUT2D eigenvalue weighted by atomic mass is 19.1. The number of halogens is 1. The molecule has 0 saturated carbocycles. The van der Waals surface area contributed by atoms with E-state index in [1.807, 2.05) is 10.6 Å². The number of hydrogen-bond acceptors (Lipinski definition) is 3. The van der Waals surface area contributed by atoms with Gasteiger partial charge in [0, 0.05) is 13.6 Å². The highest BCUT2D eigenvalue weighted by Gasteiger charge is 2.26. The molecule has 29 heavy (non-hydrogen) atoms. The number of carbonyl (C=O) groups excluding carboxylic acids is 2. The molecule has 0 bridgehead atoms. The molecule has 1 aliphatic heterocycles. The van der Waals surface area contributed by atoms with Crippen LogP contribution >= 0.6 is 0 Å². The third kappa shape index (κ3) is 4.49. The summed E-state index contributed by atoms with van der Waals surface area (Å²) in [5.74, 6) is -0.239. The Hall–Kier alpha value is -2.70. The minimum atomic E-state index is -0.401. The first kappa shape index (κ1) is 21.0. The molecule has 156 valence electrons. The van der Waals surface area contributed by atoms with Gasteiger partial charge in [-0.15, -0.1) is 0 Å². The number of aromatic nitrogens is 2. The Bertz CT molecular complexity index is 906. The van der Waals surface area contributed by atoms with E-state index in [0.717, 1.165) is 36.9 Å². The van der Waals surface area contributed by atoms with Gasteiger partial charge in [0.1, 0.15) is 17.3 Å². The zero-order chi connectivity index (χ0) is 21.0. The third-order valence-electron chi connectivity index (χ3n) is 5.69. The average molecular weight is 400 g/mol. The third-order valence-corrected chi connectivity index (χ3v) is 5.69. The van der Waals surface area contributed by atoms with Crippen LogP contribution in [0.5, 0.6) is 0 Å². The number of carbonyl (C=O) groups is 2. The molecule has 2 aromatic rings. The molecule has 3 rings (SSSR count). The molecule has 2 heterocycles. The van der Waals surface area contributed by atoms with Crippen molar-refractivity contribution >= 4 is 11.8 Å². The largest absolute Gasteiger partial charge is 0.358 e. The van der Waals surface area contributed by atoms with Crippen LogP contribution in [-0.2, 0) is 17.8 Å². The van der Waals surface area contributed by atoms with Crippen molar-refractivity contribution in [2.45, 2.75) is 58.4 Å². The smallest absolute Gasteiger partial charge is 0.272 e. The van der Waals surface area contributed by atoms with Crippen LogP contribution in [0.3, 0.4) is 0 Å². The lowest BCUT2D eigenvalue weighted by Crippen LogP contribution is -2.35. The molecular weight excluding hydrogens is 371 g/mol. The van der Waals surface area contributed by atoms with E-state index in [4.69, 9.17) is 0 Å². The maximum atomic E-state index is 15.0. The highest BCUT2D eigenvalue weighted by molar-refractivity contribution is 5.96. The van der Waals surface area contributed by atoms with Crippen molar-refractivity contribution in [1.82, 2.24) is 20.2 Å². The van der Waals surface area contributed by atoms with Gasteiger partial charge in [0.25, 0.3) is 5.91 Å². The number of imidazole rings is 1. The van der Waals surface area contributed by atoms with E-state index in [-0.39, 0.29) is 29.9 Å². The minimum Gasteiger partial charge on any atom is -0.358 e. The summed E-state index contributed by atoms with van der Waals surface area (Å²) < 4.78 is 17.0. The van der Waals surface area contributed by atoms with Crippen molar-refractivity contribution in [2.75, 3.05) is 13.6 Å². The van der Waals surface area contributed by atoms with Gasteiger partial charge in [-0.25, -0.2) is 9.37 Å². The summed E-state index contributed by atoms with van der Waals surface area (Å²) in [5, 5.41) is 5.08. The predicted octanol–water partition coefficient (Wildman–Crippen LogP) is 3.40. The van der Waals surface area contributed by atoms with Gasteiger partial charge in [-0.1, -0.05) is 26.3 Å². The van der Waals surface area contributed by atoms with Crippen LogP contribution in [0.2, 0.25) is 0 Å². The van der Waals surface area contributed by atoms with Crippen LogP contribution in [0.1, 0.15) is 67.2 Å². The number of amides is 2. The predicted molar refractivity (Wildman–Crippen MR) is 110 cm³/mol. The summed E-state index contributed by atoms with van der Waals surface area (Å²) in [6, 6.07) is 5.28. The molecule has 1 aliphatic rings. The molecular formula is C22H29FN4O2. The second kappa shape index (κ2) is 9.20. The molecule has 2 N–H and O–H groups in total. The summed E-state index contributed by atoms with van der Waals surface area (Å²) in [6.45, 7) is 4.74. The van der Waals surface area contributed by atoms with Gasteiger partial charge in [0.2, 0.25) is 5.91 Å². The van der Waals surface area contributed by atoms with Crippen LogP contribution in [-0.4, -0.2) is 35.0 Å². The Kier molecular flexibility index (Phi) is 6.67. The zero-order valence-corrected chi connectivity index (χ0v) is 17.3. The second-order valence-electron chi connectivity index (χ2n) is 7.60. The van der Waals surface area contributed by atoms with Crippen molar-refractivity contribution in [3.8, 4) is 11.4 Å². The molecule has 0 fully saturated rings. The number of nitrogens with zero attached hydrogens (tertiary/aromatic N) is 2. The number of rotatable bonds is 6. The monoisotopic (exact) mass is 400 g/mol. The number of fused-ring (bicyclic) bond motifs is 1. The van der Waals surface area contributed by atoms with Crippen LogP contribution in [0.4, 0.5) is 4.39 Å². The molecule has 2 amide bonds. The highest BCUT2D eigenvalue weighted by Crippen LogP contribution is 2.31. The molecule has 6 nitrogen and oxygen atoms in total. The van der Waals surface area contributed by atoms with Gasteiger partial charge in [0.15, 0.2) is 0 Å². The van der Waals surface area contributed by atoms with E-state index >= 15 is 4.39 Å². The summed E-state index contributed by atoms with van der Waals surface area (Å²) in [4.78, 5) is 28.7. The van der Waals surface area contributed by atoms with Gasteiger partial charge >= 0.3 is 0 Å². The standard InChI is InChI=1S/C22H29FN4O2/c1-4-14(2)15-9-10-16(17(23)12-15)21-26-20(22(29)25-13-19(28)24-3)18-8-6-5-7-11-27(18)21/h9-10,12,14H,4-8,11,13H2,1-3H3,(H,24,28)(H,25,29). The molecule has 1 aromatic carbocycles. The maximum absolute atomic E-state index is 15.0. The second-order valence-corrected chi connectivity index (χ2v) is 7.60. The topological polar surface area (TPSA) is 76.0 Å². The van der Waals surface area contributed by atoms with Crippen LogP contribution in [0.25, 0.3) is 11.4 Å². The fraction of sp³-hybridized carbons (Fsp3) is 0.500. The normalized spacial score (nSPS) is 14.6. The van der Waals surface area contributed by atoms with E-state index in [2.05, 4.69) is 29.5 Å². The molecule has 0 saturated heterocycles. The van der Waals surface area contributed by atoms with E-state index in [1.54, 1.807) is 12.1 Å². The summed E-state index contributed by atoms with van der Waals surface area (Å²) >= 11 is 0. The van der Waals surface area contributed by atoms with Crippen molar-refractivity contribution in [3.05, 3.63) is 41.0 Å². The quantitative estimate of drug-likeness (QED) is 0.780. The molecule has 0 spiro atoms. The van der Waals surface area contributed by atoms with E-state index in [9.17, 15) is 9.59 Å². The van der Waals surface area contributed by atoms with Gasteiger partial charge in [-0.05, 0) is 49.3 Å². The lowest BCUT2D eigenvalue weighted by atomic mass is 9.97. The van der Waals surface area contributed by atoms with E-state index in [1.165, 1.54) is 7.05 Å². The molecule has 0 radical (unpaired) electrons. The first-order valence-corrected chi connectivity index (χ1v) is 10.3. The fourth-order valence-electron chi connectivity index (χ4n) is 3.69. The Balaban J connectivity index is 2.00. The molecule has 0 aliphatic carbocycles. The SMILES string of the molecule is CCC(C)c1ccc(-c2nc(C(=O)NCC(=O)NC)c3n2CCCCC3)c(F)c1. The van der Waals surface area contributed by atoms with Gasteiger partial charge < -0.3 is 15.2 Å². The summed E-state index contributed by atoms with van der Waals surface area (Å²) in [7, 11) is 1.51. The lowest BCUT2D eigenvalue weighted by Gasteiger charge is -2.13. The van der Waals surface area contributed by atoms with Crippen molar-refractivity contribution in [2.24, 2.45) is 0 Å². The van der Waals surface area contributed by atoms with Gasteiger partial charge in [-0.3, -0.25) is 9.59 Å². The number of likely N-dealkylation sites (N-methyl/N-ethyl adjacent to an activating group) is 1. The van der Waals surface area contributed by atoms with Crippen LogP contribution < -0.4 is 10.6 Å². The molecule has 1 unspecified atom stereocenters. The van der Waals surface area contributed by atoms with E-state index in [0.29, 0.717) is 24.4 Å². The van der Waals surface area contributed by atoms with Crippen LogP contribution in [0, 0.1) is 5.82 Å². The number of nitrogens with one attached hydrogen (secondary N) is 2. The Morgan fingerprint density at radius 1 is 1.28 bits per heavy atom. The lowest BCUT2D eigenvalue weighted by molar-refractivity contribution is -0.119. The molecule has 1 aromatic heterocycles. The van der Waals surface area contributed by atoms with E-state index < -0.39 is 5.91 Å². The fourth-order valence-corrected chi connectivity index (χ4v) is 3.69. The Labute approximate surface area is 170 Å². The van der Waals surface area contributed by atoms with Crippen molar-refractivity contribution < 1.29 is 14.0 Å². The van der Waals surface area contributed by atoms with Gasteiger partial charge in [0.05, 0.1) is 17.8 Å². The average Bonchev–Trinajstić information content (AvgIpc) is 2.91. The Morgan fingerprint density at radius 2 is 2.07 bits per heavy atom. The van der Waals surface area contributed by atoms with Gasteiger partial charge in [-0.2, -0.15) is 0 Å². The zero-order valence-electron chi connectivity index (χ0n) is 17.3. The Morgan fingerprint density at radius 3 is 2.76 bits per heavy atom. The first-order chi connectivity index (χ1) is 14.0. The minimum absolute atomic E-state index is 0.116. The van der Waals surface area contributed by atoms with Crippen molar-refractivity contribution in [3.63, 3.8) is 0 Å². The number of benzene rings is 1. The summed E-state index contributed by atoms with van der Waals surface area (Å²) in [5.41, 5.74) is 2.47. The van der Waals surface area contributed by atoms with Crippen LogP contribution in [0.15, 0.2) is 18.2 Å². The van der Waals surface area contributed by atoms with Crippen molar-refractivity contribution in [1.29, 1.82) is 0 Å². The number of hydrogen-bond donors (Lipinski definition) is 2. The molecule has 7 heteroatoms. The maximum Gasteiger partial charge on any atom is 0.272 e.